The van der Waals surface area contributed by atoms with E-state index in [1.54, 1.807) is 17.6 Å². The molecule has 20 heavy (non-hydrogen) atoms. The molecule has 100 valence electrons. The molecule has 1 aromatic heterocycles. The number of halogens is 1. The highest BCUT2D eigenvalue weighted by Crippen LogP contribution is 2.15. The maximum Gasteiger partial charge on any atom is 0.211 e. The standard InChI is InChI=1S/C15H12BrN3S/c1-19-13-8-4-5-9-14(13)20-15(19)18-17-10-11-6-2-3-7-12(11)16/h2-10H,1H3/b17-10+,18-15-. The Balaban J connectivity index is 1.99. The lowest BCUT2D eigenvalue weighted by Crippen LogP contribution is -2.08. The molecule has 5 heteroatoms. The molecule has 0 unspecified atom stereocenters. The fraction of sp³-hybridized carbons (Fsp3) is 0.0667. The van der Waals surface area contributed by atoms with Gasteiger partial charge in [0.25, 0.3) is 0 Å². The zero-order chi connectivity index (χ0) is 13.9. The topological polar surface area (TPSA) is 29.6 Å². The maximum absolute atomic E-state index is 4.31. The molecule has 3 nitrogen and oxygen atoms in total. The monoisotopic (exact) mass is 345 g/mol. The number of hydrogen-bond donors (Lipinski definition) is 0. The summed E-state index contributed by atoms with van der Waals surface area (Å²) >= 11 is 5.12. The number of aryl methyl sites for hydroxylation is 1. The van der Waals surface area contributed by atoms with E-state index in [1.807, 2.05) is 43.4 Å². The molecule has 2 aromatic carbocycles. The lowest BCUT2D eigenvalue weighted by molar-refractivity contribution is 0.889. The SMILES string of the molecule is Cn1/c(=N/N=C/c2ccccc2Br)sc2ccccc21. The van der Waals surface area contributed by atoms with E-state index < -0.39 is 0 Å². The summed E-state index contributed by atoms with van der Waals surface area (Å²) in [5.41, 5.74) is 2.19. The van der Waals surface area contributed by atoms with Crippen LogP contribution in [0.1, 0.15) is 5.56 Å². The largest absolute Gasteiger partial charge is 0.318 e. The Kier molecular flexibility index (Phi) is 3.80. The van der Waals surface area contributed by atoms with Crippen molar-refractivity contribution in [3.05, 3.63) is 63.4 Å². The van der Waals surface area contributed by atoms with Crippen molar-refractivity contribution in [2.75, 3.05) is 0 Å². The Bertz CT molecular complexity index is 845. The predicted octanol–water partition coefficient (Wildman–Crippen LogP) is 3.94. The van der Waals surface area contributed by atoms with E-state index >= 15 is 0 Å². The highest BCUT2D eigenvalue weighted by atomic mass is 79.9. The molecule has 0 aliphatic carbocycles. The minimum atomic E-state index is 0.884. The smallest absolute Gasteiger partial charge is 0.211 e. The molecule has 0 fully saturated rings. The summed E-state index contributed by atoms with van der Waals surface area (Å²) in [7, 11) is 2.01. The zero-order valence-corrected chi connectivity index (χ0v) is 13.2. The van der Waals surface area contributed by atoms with E-state index in [9.17, 15) is 0 Å². The molecule has 0 aliphatic heterocycles. The van der Waals surface area contributed by atoms with Crippen LogP contribution >= 0.6 is 27.3 Å². The van der Waals surface area contributed by atoms with E-state index in [-0.39, 0.29) is 0 Å². The Hall–Kier alpha value is -1.72. The highest BCUT2D eigenvalue weighted by Gasteiger charge is 2.00. The van der Waals surface area contributed by atoms with E-state index in [0.29, 0.717) is 0 Å². The summed E-state index contributed by atoms with van der Waals surface area (Å²) in [4.78, 5) is 0.884. The van der Waals surface area contributed by atoms with Crippen LogP contribution in [0.5, 0.6) is 0 Å². The van der Waals surface area contributed by atoms with E-state index in [1.165, 1.54) is 10.2 Å². The lowest BCUT2D eigenvalue weighted by atomic mass is 10.2. The summed E-state index contributed by atoms with van der Waals surface area (Å²) in [5.74, 6) is 0. The van der Waals surface area contributed by atoms with Gasteiger partial charge in [-0.15, -0.1) is 5.10 Å². The van der Waals surface area contributed by atoms with Crippen LogP contribution in [-0.4, -0.2) is 10.8 Å². The third-order valence-electron chi connectivity index (χ3n) is 2.96. The number of nitrogens with zero attached hydrogens (tertiary/aromatic N) is 3. The minimum absolute atomic E-state index is 0.884. The molecule has 3 rings (SSSR count). The molecule has 0 aliphatic rings. The van der Waals surface area contributed by atoms with Gasteiger partial charge in [0, 0.05) is 17.1 Å². The van der Waals surface area contributed by atoms with Gasteiger partial charge in [0.05, 0.1) is 16.4 Å². The van der Waals surface area contributed by atoms with Gasteiger partial charge >= 0.3 is 0 Å². The van der Waals surface area contributed by atoms with Gasteiger partial charge in [-0.1, -0.05) is 57.6 Å². The molecule has 0 N–H and O–H groups in total. The number of benzene rings is 2. The lowest BCUT2D eigenvalue weighted by Gasteiger charge is -1.94. The van der Waals surface area contributed by atoms with Gasteiger partial charge in [0.15, 0.2) is 0 Å². The third kappa shape index (κ3) is 2.59. The van der Waals surface area contributed by atoms with Crippen LogP contribution in [0.2, 0.25) is 0 Å². The van der Waals surface area contributed by atoms with Crippen LogP contribution in [0.15, 0.2) is 63.2 Å². The van der Waals surface area contributed by atoms with E-state index in [2.05, 4.69) is 42.8 Å². The van der Waals surface area contributed by atoms with Gasteiger partial charge in [-0.2, -0.15) is 5.10 Å². The van der Waals surface area contributed by atoms with Crippen molar-refractivity contribution in [2.24, 2.45) is 17.3 Å². The van der Waals surface area contributed by atoms with Gasteiger partial charge in [0.1, 0.15) is 0 Å². The predicted molar refractivity (Wildman–Crippen MR) is 88.1 cm³/mol. The van der Waals surface area contributed by atoms with Crippen LogP contribution in [0.3, 0.4) is 0 Å². The van der Waals surface area contributed by atoms with Crippen LogP contribution in [0, 0.1) is 0 Å². The van der Waals surface area contributed by atoms with Crippen molar-refractivity contribution in [3.8, 4) is 0 Å². The van der Waals surface area contributed by atoms with Gasteiger partial charge in [0.2, 0.25) is 4.80 Å². The Morgan fingerprint density at radius 1 is 1.10 bits per heavy atom. The first-order chi connectivity index (χ1) is 9.75. The fourth-order valence-corrected chi connectivity index (χ4v) is 3.26. The number of hydrogen-bond acceptors (Lipinski definition) is 3. The van der Waals surface area contributed by atoms with Crippen molar-refractivity contribution >= 4 is 43.7 Å². The van der Waals surface area contributed by atoms with Gasteiger partial charge < -0.3 is 4.57 Å². The molecular formula is C15H12BrN3S. The molecule has 1 heterocycles. The van der Waals surface area contributed by atoms with E-state index in [4.69, 9.17) is 0 Å². The van der Waals surface area contributed by atoms with Gasteiger partial charge in [-0.25, -0.2) is 0 Å². The van der Waals surface area contributed by atoms with Crippen LogP contribution in [0.25, 0.3) is 10.2 Å². The van der Waals surface area contributed by atoms with Crippen molar-refractivity contribution < 1.29 is 0 Å². The summed E-state index contributed by atoms with van der Waals surface area (Å²) in [6.07, 6.45) is 1.76. The van der Waals surface area contributed by atoms with Crippen LogP contribution in [-0.2, 0) is 7.05 Å². The Morgan fingerprint density at radius 3 is 2.65 bits per heavy atom. The number of rotatable bonds is 2. The fourth-order valence-electron chi connectivity index (χ4n) is 1.90. The number of thiazole rings is 1. The Morgan fingerprint density at radius 2 is 1.85 bits per heavy atom. The number of fused-ring (bicyclic) bond motifs is 1. The Labute approximate surface area is 129 Å². The first-order valence-electron chi connectivity index (χ1n) is 6.12. The quantitative estimate of drug-likeness (QED) is 0.497. The minimum Gasteiger partial charge on any atom is -0.318 e. The van der Waals surface area contributed by atoms with Crippen LogP contribution < -0.4 is 4.80 Å². The average Bonchev–Trinajstić information content (AvgIpc) is 2.78. The summed E-state index contributed by atoms with van der Waals surface area (Å²) in [5, 5.41) is 8.50. The molecular weight excluding hydrogens is 334 g/mol. The molecule has 0 saturated carbocycles. The molecule has 0 spiro atoms. The first-order valence-corrected chi connectivity index (χ1v) is 7.73. The first kappa shape index (κ1) is 13.3. The molecule has 0 atom stereocenters. The van der Waals surface area contributed by atoms with E-state index in [0.717, 1.165) is 14.8 Å². The van der Waals surface area contributed by atoms with Crippen molar-refractivity contribution in [1.29, 1.82) is 0 Å². The van der Waals surface area contributed by atoms with Gasteiger partial charge in [-0.05, 0) is 18.2 Å². The molecule has 0 saturated heterocycles. The normalized spacial score (nSPS) is 12.6. The second-order valence-corrected chi connectivity index (χ2v) is 6.14. The van der Waals surface area contributed by atoms with Crippen LogP contribution in [0.4, 0.5) is 0 Å². The summed E-state index contributed by atoms with van der Waals surface area (Å²) in [6, 6.07) is 16.2. The van der Waals surface area contributed by atoms with Gasteiger partial charge in [-0.3, -0.25) is 0 Å². The number of para-hydroxylation sites is 1. The molecule has 0 radical (unpaired) electrons. The second kappa shape index (κ2) is 5.73. The maximum atomic E-state index is 4.31. The summed E-state index contributed by atoms with van der Waals surface area (Å²) < 4.78 is 4.28. The van der Waals surface area contributed by atoms with Crippen molar-refractivity contribution in [2.45, 2.75) is 0 Å². The molecule has 0 bridgehead atoms. The number of aromatic nitrogens is 1. The third-order valence-corrected chi connectivity index (χ3v) is 4.79. The molecule has 3 aromatic rings. The highest BCUT2D eigenvalue weighted by molar-refractivity contribution is 9.10. The average molecular weight is 346 g/mol. The summed E-state index contributed by atoms with van der Waals surface area (Å²) in [6.45, 7) is 0. The van der Waals surface area contributed by atoms with Crippen molar-refractivity contribution in [1.82, 2.24) is 4.57 Å². The zero-order valence-electron chi connectivity index (χ0n) is 10.8. The van der Waals surface area contributed by atoms with Crippen molar-refractivity contribution in [3.63, 3.8) is 0 Å². The molecule has 0 amide bonds. The second-order valence-electron chi connectivity index (χ2n) is 4.28.